The van der Waals surface area contributed by atoms with Crippen LogP contribution in [0.1, 0.15) is 58.5 Å². The molecule has 30 heavy (non-hydrogen) atoms. The van der Waals surface area contributed by atoms with Gasteiger partial charge in [-0.15, -0.1) is 0 Å². The normalized spacial score (nSPS) is 11.9. The first-order valence-electron chi connectivity index (χ1n) is 9.52. The lowest BCUT2D eigenvalue weighted by atomic mass is 9.83. The van der Waals surface area contributed by atoms with E-state index in [2.05, 4.69) is 0 Å². The molecule has 0 aromatic heterocycles. The van der Waals surface area contributed by atoms with Gasteiger partial charge < -0.3 is 18.9 Å². The molecule has 156 valence electrons. The molecule has 0 amide bonds. The van der Waals surface area contributed by atoms with Crippen molar-refractivity contribution in [2.45, 2.75) is 26.7 Å². The number of fused-ring (bicyclic) bond motifs is 2. The number of hydrogen-bond donors (Lipinski definition) is 0. The van der Waals surface area contributed by atoms with Crippen LogP contribution in [-0.4, -0.2) is 37.1 Å². The predicted molar refractivity (Wildman–Crippen MR) is 104 cm³/mol. The average molecular weight is 412 g/mol. The first kappa shape index (κ1) is 21.0. The van der Waals surface area contributed by atoms with Gasteiger partial charge in [-0.3, -0.25) is 9.59 Å². The molecule has 1 aliphatic carbocycles. The Morgan fingerprint density at radius 1 is 0.700 bits per heavy atom. The Morgan fingerprint density at radius 3 is 1.53 bits per heavy atom. The zero-order chi connectivity index (χ0) is 21.7. The summed E-state index contributed by atoms with van der Waals surface area (Å²) in [5.41, 5.74) is -0.0270. The summed E-state index contributed by atoms with van der Waals surface area (Å²) in [6.07, 6.45) is -0.767. The van der Waals surface area contributed by atoms with E-state index in [1.54, 1.807) is 0 Å². The van der Waals surface area contributed by atoms with Crippen LogP contribution in [0.4, 0.5) is 9.59 Å². The number of benzene rings is 2. The summed E-state index contributed by atoms with van der Waals surface area (Å²) in [6.45, 7) is 3.95. The molecule has 0 atom stereocenters. The van der Waals surface area contributed by atoms with Gasteiger partial charge in [0.15, 0.2) is 5.78 Å². The number of ketones is 2. The SMILES string of the molecule is CCCOC(=O)Oc1cccc2c1C(=O)c1c(OC(=O)OCCC)cccc1C2=O. The summed E-state index contributed by atoms with van der Waals surface area (Å²) in [5.74, 6) is -1.29. The maximum Gasteiger partial charge on any atom is 0.513 e. The topological polar surface area (TPSA) is 105 Å². The molecule has 0 saturated carbocycles. The highest BCUT2D eigenvalue weighted by molar-refractivity contribution is 6.30. The van der Waals surface area contributed by atoms with Gasteiger partial charge in [0.05, 0.1) is 24.3 Å². The third-order valence-electron chi connectivity index (χ3n) is 4.23. The first-order chi connectivity index (χ1) is 14.5. The van der Waals surface area contributed by atoms with Crippen molar-refractivity contribution in [3.8, 4) is 11.5 Å². The standard InChI is InChI=1S/C22H20O8/c1-3-11-27-21(25)29-15-9-5-7-13-17(15)20(24)18-14(19(13)23)8-6-10-16(18)30-22(26)28-12-4-2/h5-10H,3-4,11-12H2,1-2H3. The lowest BCUT2D eigenvalue weighted by Crippen LogP contribution is -2.24. The molecule has 0 bridgehead atoms. The second kappa shape index (κ2) is 9.21. The second-order valence-corrected chi connectivity index (χ2v) is 6.42. The zero-order valence-corrected chi connectivity index (χ0v) is 16.6. The van der Waals surface area contributed by atoms with Gasteiger partial charge in [-0.05, 0) is 25.0 Å². The molecule has 0 N–H and O–H groups in total. The number of hydrogen-bond acceptors (Lipinski definition) is 8. The Bertz CT molecular complexity index is 931. The summed E-state index contributed by atoms with van der Waals surface area (Å²) in [4.78, 5) is 50.0. The van der Waals surface area contributed by atoms with Gasteiger partial charge in [0.2, 0.25) is 5.78 Å². The van der Waals surface area contributed by atoms with Crippen LogP contribution >= 0.6 is 0 Å². The molecule has 2 aromatic carbocycles. The van der Waals surface area contributed by atoms with E-state index in [1.165, 1.54) is 36.4 Å². The van der Waals surface area contributed by atoms with E-state index in [0.717, 1.165) is 0 Å². The van der Waals surface area contributed by atoms with Crippen molar-refractivity contribution in [1.82, 2.24) is 0 Å². The van der Waals surface area contributed by atoms with Gasteiger partial charge in [-0.25, -0.2) is 9.59 Å². The molecule has 0 unspecified atom stereocenters. The summed E-state index contributed by atoms with van der Waals surface area (Å²) in [6, 6.07) is 8.71. The molecule has 0 heterocycles. The van der Waals surface area contributed by atoms with Crippen LogP contribution in [0.15, 0.2) is 36.4 Å². The summed E-state index contributed by atoms with van der Waals surface area (Å²) in [5, 5.41) is 0. The molecule has 8 nitrogen and oxygen atoms in total. The quantitative estimate of drug-likeness (QED) is 0.436. The molecule has 0 spiro atoms. The molecule has 0 saturated heterocycles. The van der Waals surface area contributed by atoms with Gasteiger partial charge in [-0.2, -0.15) is 0 Å². The maximum atomic E-state index is 13.3. The highest BCUT2D eigenvalue weighted by Gasteiger charge is 2.36. The predicted octanol–water partition coefficient (Wildman–Crippen LogP) is 4.31. The average Bonchev–Trinajstić information content (AvgIpc) is 2.74. The Hall–Kier alpha value is -3.68. The van der Waals surface area contributed by atoms with Crippen molar-refractivity contribution in [3.63, 3.8) is 0 Å². The molecule has 0 radical (unpaired) electrons. The third kappa shape index (κ3) is 4.17. The molecule has 3 rings (SSSR count). The smallest absolute Gasteiger partial charge is 0.434 e. The molecule has 0 fully saturated rings. The van der Waals surface area contributed by atoms with Crippen LogP contribution in [0.2, 0.25) is 0 Å². The van der Waals surface area contributed by atoms with Crippen molar-refractivity contribution < 1.29 is 38.1 Å². The highest BCUT2D eigenvalue weighted by Crippen LogP contribution is 2.37. The van der Waals surface area contributed by atoms with Gasteiger partial charge >= 0.3 is 12.3 Å². The monoisotopic (exact) mass is 412 g/mol. The third-order valence-corrected chi connectivity index (χ3v) is 4.23. The van der Waals surface area contributed by atoms with Gasteiger partial charge in [0, 0.05) is 11.1 Å². The Morgan fingerprint density at radius 2 is 1.13 bits per heavy atom. The van der Waals surface area contributed by atoms with Crippen LogP contribution in [-0.2, 0) is 9.47 Å². The second-order valence-electron chi connectivity index (χ2n) is 6.42. The van der Waals surface area contributed by atoms with Gasteiger partial charge in [0.1, 0.15) is 11.5 Å². The Labute approximate surface area is 172 Å². The van der Waals surface area contributed by atoms with Crippen LogP contribution in [0.25, 0.3) is 0 Å². The van der Waals surface area contributed by atoms with Crippen LogP contribution in [0.5, 0.6) is 11.5 Å². The Kier molecular flexibility index (Phi) is 6.46. The minimum atomic E-state index is -0.982. The van der Waals surface area contributed by atoms with E-state index in [9.17, 15) is 19.2 Å². The van der Waals surface area contributed by atoms with Crippen molar-refractivity contribution in [2.75, 3.05) is 13.2 Å². The summed E-state index contributed by atoms with van der Waals surface area (Å²) in [7, 11) is 0. The zero-order valence-electron chi connectivity index (χ0n) is 16.6. The van der Waals surface area contributed by atoms with E-state index in [1.807, 2.05) is 13.8 Å². The molecule has 0 aliphatic heterocycles. The summed E-state index contributed by atoms with van der Waals surface area (Å²) >= 11 is 0. The van der Waals surface area contributed by atoms with E-state index in [-0.39, 0.29) is 47.0 Å². The first-order valence-corrected chi connectivity index (χ1v) is 9.52. The lowest BCUT2D eigenvalue weighted by molar-refractivity contribution is 0.0929. The van der Waals surface area contributed by atoms with Crippen molar-refractivity contribution in [2.24, 2.45) is 0 Å². The molecular weight excluding hydrogens is 392 g/mol. The fraction of sp³-hybridized carbons (Fsp3) is 0.273. The summed E-state index contributed by atoms with van der Waals surface area (Å²) < 4.78 is 20.1. The maximum absolute atomic E-state index is 13.3. The van der Waals surface area contributed by atoms with Crippen molar-refractivity contribution in [1.29, 1.82) is 0 Å². The highest BCUT2D eigenvalue weighted by atomic mass is 16.7. The largest absolute Gasteiger partial charge is 0.513 e. The van der Waals surface area contributed by atoms with Gasteiger partial charge in [0.25, 0.3) is 0 Å². The van der Waals surface area contributed by atoms with E-state index in [0.29, 0.717) is 12.8 Å². The van der Waals surface area contributed by atoms with Crippen LogP contribution in [0.3, 0.4) is 0 Å². The molecular formula is C22H20O8. The van der Waals surface area contributed by atoms with Crippen LogP contribution in [0, 0.1) is 0 Å². The van der Waals surface area contributed by atoms with Crippen LogP contribution < -0.4 is 9.47 Å². The molecule has 1 aliphatic rings. The number of carbonyl (C=O) groups excluding carboxylic acids is 4. The lowest BCUT2D eigenvalue weighted by Gasteiger charge is -2.21. The fourth-order valence-corrected chi connectivity index (χ4v) is 2.96. The van der Waals surface area contributed by atoms with E-state index < -0.39 is 23.9 Å². The number of carbonyl (C=O) groups is 4. The van der Waals surface area contributed by atoms with E-state index >= 15 is 0 Å². The van der Waals surface area contributed by atoms with E-state index in [4.69, 9.17) is 18.9 Å². The molecule has 2 aromatic rings. The molecule has 8 heteroatoms. The Balaban J connectivity index is 1.99. The van der Waals surface area contributed by atoms with Gasteiger partial charge in [-0.1, -0.05) is 38.1 Å². The van der Waals surface area contributed by atoms with Crippen molar-refractivity contribution >= 4 is 23.9 Å². The number of ether oxygens (including phenoxy) is 4. The number of rotatable bonds is 6. The van der Waals surface area contributed by atoms with Crippen molar-refractivity contribution in [3.05, 3.63) is 58.7 Å². The fourth-order valence-electron chi connectivity index (χ4n) is 2.96. The minimum Gasteiger partial charge on any atom is -0.434 e. The minimum absolute atomic E-state index is 0.0824.